The summed E-state index contributed by atoms with van der Waals surface area (Å²) in [4.78, 5) is 0. The molecule has 1 heteroatoms. The quantitative estimate of drug-likeness (QED) is 0.690. The van der Waals surface area contributed by atoms with Crippen LogP contribution in [0.25, 0.3) is 6.08 Å². The SMILES string of the molecule is C=Cc1ccc(O)cc1.CC.CC. The average molecular weight is 180 g/mol. The van der Waals surface area contributed by atoms with Crippen LogP contribution >= 0.6 is 0 Å². The maximum atomic E-state index is 8.82. The van der Waals surface area contributed by atoms with E-state index in [9.17, 15) is 0 Å². The predicted molar refractivity (Wildman–Crippen MR) is 60.9 cm³/mol. The van der Waals surface area contributed by atoms with Crippen LogP contribution in [0.1, 0.15) is 33.3 Å². The second-order valence-electron chi connectivity index (χ2n) is 1.80. The number of hydrogen-bond donors (Lipinski definition) is 1. The second-order valence-corrected chi connectivity index (χ2v) is 1.80. The Morgan fingerprint density at radius 3 is 1.69 bits per heavy atom. The van der Waals surface area contributed by atoms with Crippen molar-refractivity contribution in [3.8, 4) is 5.75 Å². The molecule has 1 nitrogen and oxygen atoms in total. The van der Waals surface area contributed by atoms with Gasteiger partial charge in [0, 0.05) is 0 Å². The van der Waals surface area contributed by atoms with Crippen LogP contribution in [0.5, 0.6) is 5.75 Å². The van der Waals surface area contributed by atoms with Crippen molar-refractivity contribution in [2.24, 2.45) is 0 Å². The molecule has 1 aromatic carbocycles. The van der Waals surface area contributed by atoms with Crippen molar-refractivity contribution >= 4 is 6.08 Å². The maximum absolute atomic E-state index is 8.82. The Hall–Kier alpha value is -1.24. The average Bonchev–Trinajstić information content (AvgIpc) is 2.25. The standard InChI is InChI=1S/C8H8O.2C2H6/c1-2-7-3-5-8(9)6-4-7;2*1-2/h2-6,9H,1H2;2*1-2H3. The van der Waals surface area contributed by atoms with Gasteiger partial charge in [0.1, 0.15) is 5.75 Å². The number of benzene rings is 1. The third kappa shape index (κ3) is 7.13. The lowest BCUT2D eigenvalue weighted by Gasteiger charge is -1.90. The largest absolute Gasteiger partial charge is 0.508 e. The third-order valence-corrected chi connectivity index (χ3v) is 1.13. The molecule has 0 heterocycles. The Morgan fingerprint density at radius 1 is 1.00 bits per heavy atom. The Labute approximate surface area is 81.7 Å². The fourth-order valence-corrected chi connectivity index (χ4v) is 0.610. The van der Waals surface area contributed by atoms with Crippen LogP contribution in [0.4, 0.5) is 0 Å². The molecule has 0 amide bonds. The molecule has 0 aromatic heterocycles. The molecule has 0 aliphatic heterocycles. The van der Waals surface area contributed by atoms with Gasteiger partial charge in [-0.3, -0.25) is 0 Å². The topological polar surface area (TPSA) is 20.2 Å². The zero-order chi connectivity index (χ0) is 10.7. The van der Waals surface area contributed by atoms with Crippen molar-refractivity contribution in [1.29, 1.82) is 0 Å². The molecule has 0 unspecified atom stereocenters. The van der Waals surface area contributed by atoms with Crippen LogP contribution in [0.3, 0.4) is 0 Å². The lowest BCUT2D eigenvalue weighted by atomic mass is 10.2. The highest BCUT2D eigenvalue weighted by atomic mass is 16.3. The van der Waals surface area contributed by atoms with E-state index in [1.54, 1.807) is 18.2 Å². The van der Waals surface area contributed by atoms with E-state index in [0.29, 0.717) is 5.75 Å². The molecule has 0 atom stereocenters. The van der Waals surface area contributed by atoms with E-state index in [4.69, 9.17) is 5.11 Å². The van der Waals surface area contributed by atoms with Crippen LogP contribution in [0.2, 0.25) is 0 Å². The summed E-state index contributed by atoms with van der Waals surface area (Å²) in [5.41, 5.74) is 1.02. The molecule has 0 spiro atoms. The van der Waals surface area contributed by atoms with Gasteiger partial charge in [0.2, 0.25) is 0 Å². The highest BCUT2D eigenvalue weighted by Crippen LogP contribution is 2.09. The molecule has 0 bridgehead atoms. The van der Waals surface area contributed by atoms with E-state index in [-0.39, 0.29) is 0 Å². The van der Waals surface area contributed by atoms with Crippen LogP contribution in [0.15, 0.2) is 30.8 Å². The first-order valence-electron chi connectivity index (χ1n) is 4.74. The molecular formula is C12H20O. The van der Waals surface area contributed by atoms with E-state index in [0.717, 1.165) is 5.56 Å². The molecule has 1 aromatic rings. The van der Waals surface area contributed by atoms with Gasteiger partial charge in [-0.25, -0.2) is 0 Å². The number of hydrogen-bond acceptors (Lipinski definition) is 1. The van der Waals surface area contributed by atoms with Crippen LogP contribution < -0.4 is 0 Å². The van der Waals surface area contributed by atoms with Crippen molar-refractivity contribution in [2.45, 2.75) is 27.7 Å². The number of phenolic OH excluding ortho intramolecular Hbond substituents is 1. The minimum absolute atomic E-state index is 0.292. The molecule has 74 valence electrons. The summed E-state index contributed by atoms with van der Waals surface area (Å²) >= 11 is 0. The molecule has 13 heavy (non-hydrogen) atoms. The highest BCUT2D eigenvalue weighted by Gasteiger charge is 1.84. The lowest BCUT2D eigenvalue weighted by molar-refractivity contribution is 0.475. The minimum Gasteiger partial charge on any atom is -0.508 e. The van der Waals surface area contributed by atoms with Gasteiger partial charge in [-0.15, -0.1) is 0 Å². The van der Waals surface area contributed by atoms with E-state index < -0.39 is 0 Å². The van der Waals surface area contributed by atoms with Gasteiger partial charge in [-0.05, 0) is 17.7 Å². The first kappa shape index (κ1) is 14.3. The fourth-order valence-electron chi connectivity index (χ4n) is 0.610. The summed E-state index contributed by atoms with van der Waals surface area (Å²) in [7, 11) is 0. The van der Waals surface area contributed by atoms with E-state index in [1.165, 1.54) is 0 Å². The molecule has 0 fully saturated rings. The maximum Gasteiger partial charge on any atom is 0.115 e. The molecule has 0 aliphatic rings. The summed E-state index contributed by atoms with van der Waals surface area (Å²) in [6, 6.07) is 6.89. The summed E-state index contributed by atoms with van der Waals surface area (Å²) in [5, 5.41) is 8.82. The second kappa shape index (κ2) is 10.8. The van der Waals surface area contributed by atoms with Gasteiger partial charge in [0.15, 0.2) is 0 Å². The Bertz CT molecular complexity index is 199. The van der Waals surface area contributed by atoms with Crippen LogP contribution in [-0.2, 0) is 0 Å². The van der Waals surface area contributed by atoms with Gasteiger partial charge >= 0.3 is 0 Å². The predicted octanol–water partition coefficient (Wildman–Crippen LogP) is 4.09. The summed E-state index contributed by atoms with van der Waals surface area (Å²) in [6.07, 6.45) is 1.74. The normalized spacial score (nSPS) is 7.08. The van der Waals surface area contributed by atoms with Gasteiger partial charge < -0.3 is 5.11 Å². The zero-order valence-electron chi connectivity index (χ0n) is 9.04. The lowest BCUT2D eigenvalue weighted by Crippen LogP contribution is -1.67. The Kier molecular flexibility index (Phi) is 11.8. The highest BCUT2D eigenvalue weighted by molar-refractivity contribution is 5.47. The van der Waals surface area contributed by atoms with Gasteiger partial charge in [-0.1, -0.05) is 52.5 Å². The summed E-state index contributed by atoms with van der Waals surface area (Å²) in [6.45, 7) is 11.6. The van der Waals surface area contributed by atoms with Crippen molar-refractivity contribution in [3.05, 3.63) is 36.4 Å². The van der Waals surface area contributed by atoms with Crippen molar-refractivity contribution in [2.75, 3.05) is 0 Å². The van der Waals surface area contributed by atoms with Gasteiger partial charge in [-0.2, -0.15) is 0 Å². The first-order valence-corrected chi connectivity index (χ1v) is 4.74. The van der Waals surface area contributed by atoms with E-state index >= 15 is 0 Å². The first-order chi connectivity index (χ1) is 6.33. The molecule has 1 rings (SSSR count). The number of aromatic hydroxyl groups is 1. The van der Waals surface area contributed by atoms with Gasteiger partial charge in [0.25, 0.3) is 0 Å². The van der Waals surface area contributed by atoms with E-state index in [1.807, 2.05) is 39.8 Å². The molecular weight excluding hydrogens is 160 g/mol. The van der Waals surface area contributed by atoms with Crippen LogP contribution in [0, 0.1) is 0 Å². The molecule has 1 N–H and O–H groups in total. The summed E-state index contributed by atoms with van der Waals surface area (Å²) < 4.78 is 0. The third-order valence-electron chi connectivity index (χ3n) is 1.13. The molecule has 0 saturated carbocycles. The fraction of sp³-hybridized carbons (Fsp3) is 0.333. The van der Waals surface area contributed by atoms with Crippen molar-refractivity contribution in [1.82, 2.24) is 0 Å². The summed E-state index contributed by atoms with van der Waals surface area (Å²) in [5.74, 6) is 0.292. The van der Waals surface area contributed by atoms with E-state index in [2.05, 4.69) is 6.58 Å². The molecule has 0 saturated heterocycles. The van der Waals surface area contributed by atoms with Crippen molar-refractivity contribution < 1.29 is 5.11 Å². The minimum atomic E-state index is 0.292. The molecule has 0 radical (unpaired) electrons. The zero-order valence-corrected chi connectivity index (χ0v) is 9.04. The van der Waals surface area contributed by atoms with Crippen LogP contribution in [-0.4, -0.2) is 5.11 Å². The van der Waals surface area contributed by atoms with Gasteiger partial charge in [0.05, 0.1) is 0 Å². The molecule has 0 aliphatic carbocycles. The Morgan fingerprint density at radius 2 is 1.38 bits per heavy atom. The monoisotopic (exact) mass is 180 g/mol. The number of rotatable bonds is 1. The Balaban J connectivity index is 0. The smallest absolute Gasteiger partial charge is 0.115 e. The number of phenols is 1. The van der Waals surface area contributed by atoms with Crippen molar-refractivity contribution in [3.63, 3.8) is 0 Å².